The van der Waals surface area contributed by atoms with E-state index < -0.39 is 23.4 Å². The number of aromatic nitrogens is 2. The van der Waals surface area contributed by atoms with Crippen molar-refractivity contribution in [1.29, 1.82) is 0 Å². The Kier molecular flexibility index (Phi) is 6.96. The molecule has 1 aliphatic carbocycles. The molecule has 9 heteroatoms. The minimum atomic E-state index is -4.65. The lowest BCUT2D eigenvalue weighted by molar-refractivity contribution is -0.141. The number of carbonyl (C=O) groups is 1. The van der Waals surface area contributed by atoms with E-state index in [0.717, 1.165) is 40.2 Å². The molecule has 0 unspecified atom stereocenters. The normalized spacial score (nSPS) is 16.3. The first kappa shape index (κ1) is 24.6. The van der Waals surface area contributed by atoms with Crippen molar-refractivity contribution in [3.05, 3.63) is 52.3 Å². The van der Waals surface area contributed by atoms with Crippen molar-refractivity contribution in [3.63, 3.8) is 0 Å². The summed E-state index contributed by atoms with van der Waals surface area (Å²) in [5.74, 6) is -0.378. The number of amides is 1. The predicted molar refractivity (Wildman–Crippen MR) is 127 cm³/mol. The predicted octanol–water partition coefficient (Wildman–Crippen LogP) is 7.02. The van der Waals surface area contributed by atoms with Crippen LogP contribution in [0.1, 0.15) is 91.5 Å². The van der Waals surface area contributed by atoms with Gasteiger partial charge in [0.25, 0.3) is 5.91 Å². The topological polar surface area (TPSA) is 75.1 Å². The molecule has 0 bridgehead atoms. The first-order valence-corrected chi connectivity index (χ1v) is 12.4. The number of pyridine rings is 1. The van der Waals surface area contributed by atoms with E-state index in [-0.39, 0.29) is 5.69 Å². The van der Waals surface area contributed by atoms with Crippen LogP contribution < -0.4 is 5.32 Å². The molecule has 1 aliphatic rings. The third-order valence-corrected chi connectivity index (χ3v) is 7.36. The Morgan fingerprint density at radius 2 is 1.74 bits per heavy atom. The van der Waals surface area contributed by atoms with Gasteiger partial charge in [0, 0.05) is 17.2 Å². The second-order valence-corrected chi connectivity index (χ2v) is 10.4. The lowest BCUT2D eigenvalue weighted by Crippen LogP contribution is -2.22. The average Bonchev–Trinajstić information content (AvgIpc) is 3.14. The molecule has 4 rings (SSSR count). The van der Waals surface area contributed by atoms with E-state index >= 15 is 0 Å². The number of thiazole rings is 1. The van der Waals surface area contributed by atoms with Crippen molar-refractivity contribution >= 4 is 33.1 Å². The van der Waals surface area contributed by atoms with Crippen LogP contribution in [-0.2, 0) is 11.8 Å². The molecular weight excluding hydrogens is 463 g/mol. The van der Waals surface area contributed by atoms with E-state index in [1.807, 2.05) is 0 Å². The monoisotopic (exact) mass is 491 g/mol. The van der Waals surface area contributed by atoms with Crippen LogP contribution in [0.3, 0.4) is 0 Å². The van der Waals surface area contributed by atoms with Gasteiger partial charge in [-0.05, 0) is 51.0 Å². The molecule has 2 aromatic heterocycles. The third kappa shape index (κ3) is 5.58. The number of fused-ring (bicyclic) bond motifs is 1. The van der Waals surface area contributed by atoms with E-state index in [1.165, 1.54) is 38.2 Å². The largest absolute Gasteiger partial charge is 0.433 e. The molecule has 0 atom stereocenters. The summed E-state index contributed by atoms with van der Waals surface area (Å²) in [6.45, 7) is 3.18. The van der Waals surface area contributed by atoms with Gasteiger partial charge >= 0.3 is 6.18 Å². The second kappa shape index (κ2) is 9.62. The molecule has 1 aromatic carbocycles. The van der Waals surface area contributed by atoms with E-state index in [4.69, 9.17) is 4.98 Å². The molecule has 0 radical (unpaired) electrons. The summed E-state index contributed by atoms with van der Waals surface area (Å²) in [4.78, 5) is 21.1. The highest BCUT2D eigenvalue weighted by atomic mass is 32.1. The zero-order valence-corrected chi connectivity index (χ0v) is 20.0. The van der Waals surface area contributed by atoms with Crippen LogP contribution in [0, 0.1) is 0 Å². The SMILES string of the molecule is CC(C)(O)c1cc2nc(C3CCCCCCC3)sc2cc1NC(=O)c1cccc(C(F)(F)F)n1. The van der Waals surface area contributed by atoms with Crippen LogP contribution in [0.15, 0.2) is 30.3 Å². The van der Waals surface area contributed by atoms with Gasteiger partial charge in [-0.15, -0.1) is 11.3 Å². The number of carbonyl (C=O) groups excluding carboxylic acids is 1. The first-order chi connectivity index (χ1) is 16.0. The highest BCUT2D eigenvalue weighted by molar-refractivity contribution is 7.18. The Morgan fingerprint density at radius 3 is 2.38 bits per heavy atom. The summed E-state index contributed by atoms with van der Waals surface area (Å²) in [6.07, 6.45) is 3.68. The Hall–Kier alpha value is -2.52. The van der Waals surface area contributed by atoms with Crippen LogP contribution >= 0.6 is 11.3 Å². The van der Waals surface area contributed by atoms with Gasteiger partial charge in [-0.1, -0.05) is 38.2 Å². The van der Waals surface area contributed by atoms with Crippen molar-refractivity contribution in [2.24, 2.45) is 0 Å². The van der Waals surface area contributed by atoms with Gasteiger partial charge < -0.3 is 10.4 Å². The summed E-state index contributed by atoms with van der Waals surface area (Å²) >= 11 is 1.57. The molecule has 3 aromatic rings. The van der Waals surface area contributed by atoms with E-state index in [0.29, 0.717) is 17.2 Å². The van der Waals surface area contributed by atoms with Crippen molar-refractivity contribution in [2.75, 3.05) is 5.32 Å². The molecule has 2 N–H and O–H groups in total. The second-order valence-electron chi connectivity index (χ2n) is 9.38. The molecule has 0 spiro atoms. The van der Waals surface area contributed by atoms with Gasteiger partial charge in [0.2, 0.25) is 0 Å². The van der Waals surface area contributed by atoms with Gasteiger partial charge in [-0.25, -0.2) is 9.97 Å². The molecule has 1 amide bonds. The van der Waals surface area contributed by atoms with Crippen molar-refractivity contribution in [2.45, 2.75) is 76.5 Å². The van der Waals surface area contributed by atoms with Gasteiger partial charge in [-0.2, -0.15) is 13.2 Å². The zero-order chi connectivity index (χ0) is 24.5. The summed E-state index contributed by atoms with van der Waals surface area (Å²) in [5, 5.41) is 14.5. The molecular formula is C25H28F3N3O2S. The van der Waals surface area contributed by atoms with Crippen LogP contribution in [0.4, 0.5) is 18.9 Å². The minimum absolute atomic E-state index is 0.331. The molecule has 2 heterocycles. The summed E-state index contributed by atoms with van der Waals surface area (Å²) in [5.41, 5.74) is -1.27. The fraction of sp³-hybridized carbons (Fsp3) is 0.480. The highest BCUT2D eigenvalue weighted by Crippen LogP contribution is 2.39. The van der Waals surface area contributed by atoms with Crippen molar-refractivity contribution in [3.8, 4) is 0 Å². The highest BCUT2D eigenvalue weighted by Gasteiger charge is 2.33. The van der Waals surface area contributed by atoms with Crippen molar-refractivity contribution in [1.82, 2.24) is 9.97 Å². The molecule has 182 valence electrons. The number of nitrogens with one attached hydrogen (secondary N) is 1. The molecule has 5 nitrogen and oxygen atoms in total. The number of hydrogen-bond acceptors (Lipinski definition) is 5. The summed E-state index contributed by atoms with van der Waals surface area (Å²) in [6, 6.07) is 6.70. The summed E-state index contributed by atoms with van der Waals surface area (Å²) in [7, 11) is 0. The van der Waals surface area contributed by atoms with Gasteiger partial charge in [0.15, 0.2) is 0 Å². The third-order valence-electron chi connectivity index (χ3n) is 6.18. The lowest BCUT2D eigenvalue weighted by atomic mass is 9.91. The molecule has 34 heavy (non-hydrogen) atoms. The number of alkyl halides is 3. The first-order valence-electron chi connectivity index (χ1n) is 11.6. The lowest BCUT2D eigenvalue weighted by Gasteiger charge is -2.22. The van der Waals surface area contributed by atoms with Gasteiger partial charge in [-0.3, -0.25) is 4.79 Å². The van der Waals surface area contributed by atoms with Crippen LogP contribution in [-0.4, -0.2) is 21.0 Å². The minimum Gasteiger partial charge on any atom is -0.386 e. The fourth-order valence-corrected chi connectivity index (χ4v) is 5.54. The Bertz CT molecular complexity index is 1180. The van der Waals surface area contributed by atoms with Crippen molar-refractivity contribution < 1.29 is 23.1 Å². The number of anilines is 1. The maximum absolute atomic E-state index is 13.0. The maximum atomic E-state index is 13.0. The van der Waals surface area contributed by atoms with E-state index in [1.54, 1.807) is 37.3 Å². The number of hydrogen-bond donors (Lipinski definition) is 2. The van der Waals surface area contributed by atoms with Gasteiger partial charge in [0.05, 0.1) is 20.8 Å². The van der Waals surface area contributed by atoms with Crippen LogP contribution in [0.2, 0.25) is 0 Å². The number of halogens is 3. The van der Waals surface area contributed by atoms with E-state index in [2.05, 4.69) is 10.3 Å². The summed E-state index contributed by atoms with van der Waals surface area (Å²) < 4.78 is 39.9. The smallest absolute Gasteiger partial charge is 0.386 e. The van der Waals surface area contributed by atoms with Crippen LogP contribution in [0.5, 0.6) is 0 Å². The van der Waals surface area contributed by atoms with E-state index in [9.17, 15) is 23.1 Å². The average molecular weight is 492 g/mol. The Balaban J connectivity index is 1.68. The number of nitrogens with zero attached hydrogens (tertiary/aromatic N) is 2. The Labute approximate surface area is 200 Å². The molecule has 0 aliphatic heterocycles. The maximum Gasteiger partial charge on any atom is 0.433 e. The molecule has 0 saturated heterocycles. The Morgan fingerprint density at radius 1 is 1.06 bits per heavy atom. The zero-order valence-electron chi connectivity index (χ0n) is 19.2. The quantitative estimate of drug-likeness (QED) is 0.411. The number of rotatable bonds is 4. The van der Waals surface area contributed by atoms with Crippen LogP contribution in [0.25, 0.3) is 10.2 Å². The number of aliphatic hydroxyl groups is 1. The fourth-order valence-electron chi connectivity index (χ4n) is 4.38. The van der Waals surface area contributed by atoms with Gasteiger partial charge in [0.1, 0.15) is 11.4 Å². The molecule has 1 saturated carbocycles. The number of benzene rings is 1. The molecule has 1 fully saturated rings. The standard InChI is InChI=1S/C25H28F3N3O2S/c1-24(2,33)16-13-19-20(34-23(31-19)15-9-6-4-3-5-7-10-15)14-18(16)30-22(32)17-11-8-12-21(29-17)25(26,27)28/h8,11-15,33H,3-7,9-10H2,1-2H3,(H,30,32).